The summed E-state index contributed by atoms with van der Waals surface area (Å²) < 4.78 is 5.71. The molecular weight excluding hydrogens is 252 g/mol. The van der Waals surface area contributed by atoms with Crippen molar-refractivity contribution < 1.29 is 9.84 Å². The zero-order valence-electron chi connectivity index (χ0n) is 12.1. The molecule has 2 unspecified atom stereocenters. The van der Waals surface area contributed by atoms with Crippen molar-refractivity contribution in [2.75, 3.05) is 13.2 Å². The summed E-state index contributed by atoms with van der Waals surface area (Å²) >= 11 is 0. The maximum absolute atomic E-state index is 9.83. The van der Waals surface area contributed by atoms with Crippen LogP contribution in [0.25, 0.3) is 0 Å². The second-order valence-electron chi connectivity index (χ2n) is 6.48. The van der Waals surface area contributed by atoms with E-state index in [0.29, 0.717) is 6.61 Å². The van der Waals surface area contributed by atoms with Crippen LogP contribution in [0.3, 0.4) is 0 Å². The van der Waals surface area contributed by atoms with Gasteiger partial charge in [0.15, 0.2) is 0 Å². The first-order valence-electron chi connectivity index (χ1n) is 7.15. The molecule has 20 heavy (non-hydrogen) atoms. The number of rotatable bonds is 1. The zero-order chi connectivity index (χ0) is 14.4. The maximum Gasteiger partial charge on any atom is 0.115 e. The Balaban J connectivity index is 2.20. The van der Waals surface area contributed by atoms with Gasteiger partial charge in [0, 0.05) is 12.5 Å². The Labute approximate surface area is 119 Å². The highest BCUT2D eigenvalue weighted by atomic mass is 16.5. The van der Waals surface area contributed by atoms with E-state index in [9.17, 15) is 5.11 Å². The number of ether oxygens (including phenoxy) is 1. The number of phenols is 1. The Morgan fingerprint density at radius 1 is 1.45 bits per heavy atom. The smallest absolute Gasteiger partial charge is 0.115 e. The number of aliphatic imine (C=N–C) groups is 1. The van der Waals surface area contributed by atoms with Gasteiger partial charge >= 0.3 is 0 Å². The molecule has 0 aromatic heterocycles. The van der Waals surface area contributed by atoms with Crippen LogP contribution >= 0.6 is 0 Å². The third-order valence-corrected chi connectivity index (χ3v) is 5.20. The summed E-state index contributed by atoms with van der Waals surface area (Å²) in [5.74, 6) is 0.556. The monoisotopic (exact) mass is 274 g/mol. The quantitative estimate of drug-likeness (QED) is 0.609. The summed E-state index contributed by atoms with van der Waals surface area (Å²) in [5, 5.41) is 9.83. The molecule has 1 aromatic carbocycles. The van der Waals surface area contributed by atoms with Crippen LogP contribution in [0.15, 0.2) is 23.2 Å². The summed E-state index contributed by atoms with van der Waals surface area (Å²) in [4.78, 5) is 4.59. The fourth-order valence-electron chi connectivity index (χ4n) is 4.06. The molecule has 2 aliphatic rings. The van der Waals surface area contributed by atoms with E-state index in [2.05, 4.69) is 18.8 Å². The van der Waals surface area contributed by atoms with Gasteiger partial charge in [-0.1, -0.05) is 13.0 Å². The lowest BCUT2D eigenvalue weighted by Crippen LogP contribution is -2.52. The average molecular weight is 274 g/mol. The van der Waals surface area contributed by atoms with Gasteiger partial charge in [-0.25, -0.2) is 0 Å². The number of phenolic OH excluding ortho intramolecular Hbond substituents is 1. The van der Waals surface area contributed by atoms with Crippen LogP contribution in [0.1, 0.15) is 31.4 Å². The van der Waals surface area contributed by atoms with E-state index in [4.69, 9.17) is 10.5 Å². The molecule has 1 heterocycles. The first-order valence-corrected chi connectivity index (χ1v) is 7.15. The number of hydrogen-bond acceptors (Lipinski definition) is 3. The molecule has 0 radical (unpaired) electrons. The molecule has 1 aliphatic heterocycles. The molecule has 0 spiro atoms. The van der Waals surface area contributed by atoms with E-state index < -0.39 is 5.54 Å². The van der Waals surface area contributed by atoms with Crippen LogP contribution in [0, 0.1) is 11.3 Å². The minimum Gasteiger partial charge on any atom is -0.508 e. The van der Waals surface area contributed by atoms with Crippen molar-refractivity contribution in [2.24, 2.45) is 22.1 Å². The third-order valence-electron chi connectivity index (χ3n) is 5.20. The van der Waals surface area contributed by atoms with Gasteiger partial charge in [0.1, 0.15) is 5.75 Å². The highest BCUT2D eigenvalue weighted by Crippen LogP contribution is 2.54. The molecule has 3 N–H and O–H groups in total. The van der Waals surface area contributed by atoms with Crippen LogP contribution in [0.2, 0.25) is 0 Å². The van der Waals surface area contributed by atoms with E-state index in [1.807, 2.05) is 12.1 Å². The van der Waals surface area contributed by atoms with E-state index in [1.54, 1.807) is 6.07 Å². The van der Waals surface area contributed by atoms with E-state index in [-0.39, 0.29) is 17.1 Å². The first-order chi connectivity index (χ1) is 9.49. The Kier molecular flexibility index (Phi) is 3.01. The van der Waals surface area contributed by atoms with Gasteiger partial charge in [-0.3, -0.25) is 4.99 Å². The number of nitrogens with two attached hydrogens (primary N) is 1. The highest BCUT2D eigenvalue weighted by molar-refractivity contribution is 5.55. The zero-order valence-corrected chi connectivity index (χ0v) is 12.1. The van der Waals surface area contributed by atoms with Gasteiger partial charge in [-0.05, 0) is 48.4 Å². The molecule has 0 saturated carbocycles. The molecule has 4 heteroatoms. The van der Waals surface area contributed by atoms with E-state index in [0.717, 1.165) is 25.0 Å². The van der Waals surface area contributed by atoms with Crippen molar-refractivity contribution in [3.05, 3.63) is 29.3 Å². The summed E-state index contributed by atoms with van der Waals surface area (Å²) in [7, 11) is 0. The molecule has 1 aromatic rings. The normalized spacial score (nSPS) is 36.6. The molecule has 4 nitrogen and oxygen atoms in total. The Hall–Kier alpha value is -1.55. The van der Waals surface area contributed by atoms with E-state index in [1.165, 1.54) is 11.9 Å². The number of aromatic hydroxyl groups is 1. The molecule has 1 fully saturated rings. The van der Waals surface area contributed by atoms with Crippen molar-refractivity contribution >= 4 is 6.34 Å². The van der Waals surface area contributed by atoms with Gasteiger partial charge in [0.05, 0.1) is 18.5 Å². The number of benzene rings is 1. The van der Waals surface area contributed by atoms with Crippen molar-refractivity contribution in [1.29, 1.82) is 0 Å². The molecule has 1 saturated heterocycles. The summed E-state index contributed by atoms with van der Waals surface area (Å²) in [6.45, 7) is 5.92. The third kappa shape index (κ3) is 1.82. The van der Waals surface area contributed by atoms with Crippen LogP contribution in [-0.2, 0) is 16.7 Å². The second kappa shape index (κ2) is 4.48. The Morgan fingerprint density at radius 3 is 3.00 bits per heavy atom. The van der Waals surface area contributed by atoms with Crippen LogP contribution in [0.4, 0.5) is 0 Å². The lowest BCUT2D eigenvalue weighted by atomic mass is 9.56. The van der Waals surface area contributed by atoms with Gasteiger partial charge in [0.2, 0.25) is 0 Å². The van der Waals surface area contributed by atoms with Crippen molar-refractivity contribution in [1.82, 2.24) is 0 Å². The van der Waals surface area contributed by atoms with Crippen LogP contribution in [0.5, 0.6) is 5.75 Å². The minimum atomic E-state index is -0.434. The summed E-state index contributed by atoms with van der Waals surface area (Å²) in [6, 6.07) is 5.61. The van der Waals surface area contributed by atoms with Gasteiger partial charge < -0.3 is 15.6 Å². The molecule has 1 aliphatic carbocycles. The molecule has 108 valence electrons. The maximum atomic E-state index is 9.83. The lowest BCUT2D eigenvalue weighted by molar-refractivity contribution is -0.0707. The molecule has 0 amide bonds. The molecule has 0 bridgehead atoms. The predicted octanol–water partition coefficient (Wildman–Crippen LogP) is 2.19. The predicted molar refractivity (Wildman–Crippen MR) is 78.9 cm³/mol. The first kappa shape index (κ1) is 13.4. The highest BCUT2D eigenvalue weighted by Gasteiger charge is 2.52. The van der Waals surface area contributed by atoms with Crippen molar-refractivity contribution in [3.8, 4) is 5.75 Å². The number of fused-ring (bicyclic) bond motifs is 2. The van der Waals surface area contributed by atoms with Gasteiger partial charge in [0.25, 0.3) is 0 Å². The Bertz CT molecular complexity index is 557. The molecule has 3 rings (SSSR count). The fraction of sp³-hybridized carbons (Fsp3) is 0.562. The largest absolute Gasteiger partial charge is 0.508 e. The molecule has 3 atom stereocenters. The number of nitrogens with zero attached hydrogens (tertiary/aromatic N) is 1. The van der Waals surface area contributed by atoms with Gasteiger partial charge in [-0.2, -0.15) is 0 Å². The SMILES string of the molecule is CC1(N=CN)c2cc(O)ccc2C[C@]2(C)CCOCC12. The standard InChI is InChI=1S/C16H22N2O2/c1-15-5-6-20-9-14(15)16(2,18-10-17)13-7-12(19)4-3-11(13)8-15/h3-4,7,10,14,19H,5-6,8-9H2,1-2H3,(H2,17,18)/t14?,15-,16?/m0/s1. The molecular formula is C16H22N2O2. The topological polar surface area (TPSA) is 67.8 Å². The van der Waals surface area contributed by atoms with Crippen LogP contribution < -0.4 is 5.73 Å². The summed E-state index contributed by atoms with van der Waals surface area (Å²) in [5.41, 5.74) is 7.68. The lowest BCUT2D eigenvalue weighted by Gasteiger charge is -2.53. The average Bonchev–Trinajstić information content (AvgIpc) is 2.40. The van der Waals surface area contributed by atoms with Crippen LogP contribution in [-0.4, -0.2) is 24.7 Å². The van der Waals surface area contributed by atoms with E-state index >= 15 is 0 Å². The minimum absolute atomic E-state index is 0.170. The summed E-state index contributed by atoms with van der Waals surface area (Å²) in [6.07, 6.45) is 3.42. The fourth-order valence-corrected chi connectivity index (χ4v) is 4.06. The Morgan fingerprint density at radius 2 is 2.25 bits per heavy atom. The van der Waals surface area contributed by atoms with Crippen molar-refractivity contribution in [3.63, 3.8) is 0 Å². The second-order valence-corrected chi connectivity index (χ2v) is 6.48. The number of hydrogen-bond donors (Lipinski definition) is 2. The van der Waals surface area contributed by atoms with Crippen molar-refractivity contribution in [2.45, 2.75) is 32.2 Å². The van der Waals surface area contributed by atoms with Gasteiger partial charge in [-0.15, -0.1) is 0 Å².